The highest BCUT2D eigenvalue weighted by atomic mass is 19.4. The fraction of sp³-hybridized carbons (Fsp3) is 0.158. The van der Waals surface area contributed by atoms with E-state index in [1.807, 2.05) is 0 Å². The number of amides is 1. The van der Waals surface area contributed by atoms with E-state index >= 15 is 0 Å². The Morgan fingerprint density at radius 2 is 2.07 bits per heavy atom. The molecular formula is C19H17F3N6O. The van der Waals surface area contributed by atoms with Gasteiger partial charge in [0.1, 0.15) is 6.33 Å². The van der Waals surface area contributed by atoms with Gasteiger partial charge < -0.3 is 0 Å². The molecule has 0 aliphatic carbocycles. The summed E-state index contributed by atoms with van der Waals surface area (Å²) in [5.41, 5.74) is 3.23. The van der Waals surface area contributed by atoms with Gasteiger partial charge >= 0.3 is 6.18 Å². The molecule has 2 heterocycles. The van der Waals surface area contributed by atoms with Gasteiger partial charge in [0, 0.05) is 31.1 Å². The van der Waals surface area contributed by atoms with Crippen molar-refractivity contribution in [3.05, 3.63) is 66.3 Å². The van der Waals surface area contributed by atoms with Crippen LogP contribution >= 0.6 is 0 Å². The molecule has 0 spiro atoms. The van der Waals surface area contributed by atoms with Crippen LogP contribution in [0.25, 0.3) is 17.6 Å². The maximum atomic E-state index is 13.0. The second-order valence-corrected chi connectivity index (χ2v) is 6.20. The molecule has 2 aromatic heterocycles. The van der Waals surface area contributed by atoms with Crippen molar-refractivity contribution in [2.24, 2.45) is 0 Å². The van der Waals surface area contributed by atoms with Crippen LogP contribution in [0.4, 0.5) is 18.9 Å². The first-order valence-corrected chi connectivity index (χ1v) is 8.45. The van der Waals surface area contributed by atoms with Crippen LogP contribution in [0.3, 0.4) is 0 Å². The van der Waals surface area contributed by atoms with E-state index in [0.717, 1.165) is 12.1 Å². The highest BCUT2D eigenvalue weighted by Crippen LogP contribution is 2.32. The summed E-state index contributed by atoms with van der Waals surface area (Å²) in [6, 6.07) is 7.13. The molecule has 0 aliphatic rings. The molecule has 3 aromatic rings. The monoisotopic (exact) mass is 402 g/mol. The number of anilines is 1. The van der Waals surface area contributed by atoms with Crippen molar-refractivity contribution in [1.29, 1.82) is 0 Å². The number of rotatable bonds is 5. The summed E-state index contributed by atoms with van der Waals surface area (Å²) in [6.07, 6.45) is 2.63. The van der Waals surface area contributed by atoms with Crippen LogP contribution in [-0.4, -0.2) is 32.7 Å². The first kappa shape index (κ1) is 20.1. The van der Waals surface area contributed by atoms with Crippen molar-refractivity contribution in [3.63, 3.8) is 0 Å². The SMILES string of the molecule is Cc1cc(-c2ncn(/C=C\C(=O)NN(C)c3cccnc3)n2)cc(C(F)(F)F)c1. The number of halogens is 3. The number of aryl methyl sites for hydroxylation is 1. The van der Waals surface area contributed by atoms with Gasteiger partial charge in [0.15, 0.2) is 5.82 Å². The zero-order valence-corrected chi connectivity index (χ0v) is 15.6. The quantitative estimate of drug-likeness (QED) is 0.524. The van der Waals surface area contributed by atoms with Gasteiger partial charge in [-0.1, -0.05) is 0 Å². The molecule has 0 fully saturated rings. The highest BCUT2D eigenvalue weighted by Gasteiger charge is 2.31. The van der Waals surface area contributed by atoms with Crippen LogP contribution in [0.5, 0.6) is 0 Å². The number of pyridine rings is 1. The Balaban J connectivity index is 1.70. The number of hydrogen-bond donors (Lipinski definition) is 1. The Bertz CT molecular complexity index is 1030. The van der Waals surface area contributed by atoms with Gasteiger partial charge in [0.2, 0.25) is 0 Å². The van der Waals surface area contributed by atoms with E-state index < -0.39 is 17.6 Å². The van der Waals surface area contributed by atoms with Crippen molar-refractivity contribution >= 4 is 17.8 Å². The summed E-state index contributed by atoms with van der Waals surface area (Å²) in [7, 11) is 1.66. The largest absolute Gasteiger partial charge is 0.416 e. The lowest BCUT2D eigenvalue weighted by Crippen LogP contribution is -2.38. The molecule has 1 aromatic carbocycles. The number of hydrogen-bond acceptors (Lipinski definition) is 5. The molecule has 0 saturated carbocycles. The summed E-state index contributed by atoms with van der Waals surface area (Å²) >= 11 is 0. The first-order valence-electron chi connectivity index (χ1n) is 8.45. The maximum Gasteiger partial charge on any atom is 0.416 e. The number of carbonyl (C=O) groups excluding carboxylic acids is 1. The molecule has 3 rings (SSSR count). The highest BCUT2D eigenvalue weighted by molar-refractivity contribution is 5.91. The Hall–Kier alpha value is -3.69. The number of hydrazine groups is 1. The lowest BCUT2D eigenvalue weighted by Gasteiger charge is -2.18. The minimum absolute atomic E-state index is 0.122. The van der Waals surface area contributed by atoms with E-state index in [-0.39, 0.29) is 11.4 Å². The number of nitrogens with zero attached hydrogens (tertiary/aromatic N) is 5. The van der Waals surface area contributed by atoms with Crippen molar-refractivity contribution in [1.82, 2.24) is 25.2 Å². The molecule has 150 valence electrons. The molecule has 0 atom stereocenters. The molecule has 0 aliphatic heterocycles. The van der Waals surface area contributed by atoms with E-state index in [4.69, 9.17) is 0 Å². The second-order valence-electron chi connectivity index (χ2n) is 6.20. The van der Waals surface area contributed by atoms with Gasteiger partial charge in [-0.05, 0) is 42.8 Å². The summed E-state index contributed by atoms with van der Waals surface area (Å²) < 4.78 is 40.2. The summed E-state index contributed by atoms with van der Waals surface area (Å²) in [5.74, 6) is -0.306. The van der Waals surface area contributed by atoms with Crippen molar-refractivity contribution in [3.8, 4) is 11.4 Å². The Morgan fingerprint density at radius 1 is 1.28 bits per heavy atom. The molecule has 0 unspecified atom stereocenters. The van der Waals surface area contributed by atoms with Crippen molar-refractivity contribution in [2.45, 2.75) is 13.1 Å². The lowest BCUT2D eigenvalue weighted by molar-refractivity contribution is -0.137. The molecule has 0 radical (unpaired) electrons. The van der Waals surface area contributed by atoms with Gasteiger partial charge in [0.05, 0.1) is 17.4 Å². The van der Waals surface area contributed by atoms with Crippen molar-refractivity contribution in [2.75, 3.05) is 12.1 Å². The third-order valence-electron chi connectivity index (χ3n) is 3.86. The summed E-state index contributed by atoms with van der Waals surface area (Å²) in [6.45, 7) is 1.57. The molecule has 1 N–H and O–H groups in total. The number of carbonyl (C=O) groups is 1. The number of benzene rings is 1. The topological polar surface area (TPSA) is 75.9 Å². The van der Waals surface area contributed by atoms with E-state index in [1.54, 1.807) is 44.6 Å². The maximum absolute atomic E-state index is 13.0. The smallest absolute Gasteiger partial charge is 0.287 e. The van der Waals surface area contributed by atoms with E-state index in [1.165, 1.54) is 28.3 Å². The van der Waals surface area contributed by atoms with Crippen LogP contribution in [0.2, 0.25) is 0 Å². The third kappa shape index (κ3) is 5.18. The fourth-order valence-corrected chi connectivity index (χ4v) is 2.52. The normalized spacial score (nSPS) is 11.6. The van der Waals surface area contributed by atoms with Crippen LogP contribution in [-0.2, 0) is 11.0 Å². The predicted octanol–water partition coefficient (Wildman–Crippen LogP) is 3.31. The lowest BCUT2D eigenvalue weighted by atomic mass is 10.1. The van der Waals surface area contributed by atoms with Gasteiger partial charge in [-0.3, -0.25) is 20.2 Å². The van der Waals surface area contributed by atoms with E-state index in [2.05, 4.69) is 20.5 Å². The number of aromatic nitrogens is 4. The van der Waals surface area contributed by atoms with E-state index in [0.29, 0.717) is 11.3 Å². The first-order chi connectivity index (χ1) is 13.7. The molecule has 0 bridgehead atoms. The standard InChI is InChI=1S/C19H17F3N6O/c1-13-8-14(10-15(9-13)19(20,21)22)18-24-12-28(26-18)7-5-17(29)25-27(2)16-4-3-6-23-11-16/h3-12H,1-2H3,(H,25,29)/b7-5-. The van der Waals surface area contributed by atoms with Crippen LogP contribution < -0.4 is 10.4 Å². The third-order valence-corrected chi connectivity index (χ3v) is 3.86. The average Bonchev–Trinajstić information content (AvgIpc) is 3.15. The number of alkyl halides is 3. The minimum atomic E-state index is -4.46. The van der Waals surface area contributed by atoms with E-state index in [9.17, 15) is 18.0 Å². The Labute approximate surface area is 164 Å². The Kier molecular flexibility index (Phi) is 5.62. The fourth-order valence-electron chi connectivity index (χ4n) is 2.52. The molecular weight excluding hydrogens is 385 g/mol. The average molecular weight is 402 g/mol. The minimum Gasteiger partial charge on any atom is -0.287 e. The zero-order valence-electron chi connectivity index (χ0n) is 15.6. The summed E-state index contributed by atoms with van der Waals surface area (Å²) in [4.78, 5) is 20.0. The summed E-state index contributed by atoms with van der Waals surface area (Å²) in [5, 5.41) is 5.60. The zero-order chi connectivity index (χ0) is 21.0. The van der Waals surface area contributed by atoms with Gasteiger partial charge in [-0.15, -0.1) is 5.10 Å². The molecule has 29 heavy (non-hydrogen) atoms. The van der Waals surface area contributed by atoms with Crippen LogP contribution in [0.15, 0.2) is 55.1 Å². The number of nitrogens with one attached hydrogen (secondary N) is 1. The second kappa shape index (κ2) is 8.13. The van der Waals surface area contributed by atoms with Crippen molar-refractivity contribution < 1.29 is 18.0 Å². The van der Waals surface area contributed by atoms with Gasteiger partial charge in [0.25, 0.3) is 5.91 Å². The Morgan fingerprint density at radius 3 is 2.76 bits per heavy atom. The molecule has 0 saturated heterocycles. The molecule has 7 nitrogen and oxygen atoms in total. The molecule has 10 heteroatoms. The van der Waals surface area contributed by atoms with Crippen LogP contribution in [0, 0.1) is 6.92 Å². The van der Waals surface area contributed by atoms with Gasteiger partial charge in [-0.2, -0.15) is 13.2 Å². The van der Waals surface area contributed by atoms with Crippen LogP contribution in [0.1, 0.15) is 11.1 Å². The molecule has 1 amide bonds. The van der Waals surface area contributed by atoms with Gasteiger partial charge in [-0.25, -0.2) is 9.67 Å². The predicted molar refractivity (Wildman–Crippen MR) is 101 cm³/mol.